The number of fused-ring (bicyclic) bond motifs is 2. The highest BCUT2D eigenvalue weighted by molar-refractivity contribution is 5.97. The van der Waals surface area contributed by atoms with Crippen LogP contribution < -0.4 is 5.32 Å². The molecule has 7 nitrogen and oxygen atoms in total. The predicted molar refractivity (Wildman–Crippen MR) is 129 cm³/mol. The summed E-state index contributed by atoms with van der Waals surface area (Å²) in [6.45, 7) is 6.99. The number of ether oxygens (including phenoxy) is 1. The molecule has 170 valence electrons. The maximum atomic E-state index is 12.7. The fraction of sp³-hybridized carbons (Fsp3) is 0.269. The van der Waals surface area contributed by atoms with Crippen molar-refractivity contribution in [3.8, 4) is 11.5 Å². The van der Waals surface area contributed by atoms with Gasteiger partial charge in [0.1, 0.15) is 17.2 Å². The van der Waals surface area contributed by atoms with Crippen LogP contribution in [0.4, 0.5) is 10.5 Å². The molecule has 0 bridgehead atoms. The Labute approximate surface area is 192 Å². The number of nitrogens with zero attached hydrogens (tertiary/aromatic N) is 2. The molecule has 0 saturated carbocycles. The number of oxazole rings is 1. The van der Waals surface area contributed by atoms with Crippen LogP contribution >= 0.6 is 0 Å². The third-order valence-electron chi connectivity index (χ3n) is 5.29. The minimum atomic E-state index is -0.721. The second-order valence-electron chi connectivity index (χ2n) is 9.02. The van der Waals surface area contributed by atoms with Gasteiger partial charge in [0.25, 0.3) is 0 Å². The lowest BCUT2D eigenvalue weighted by Crippen LogP contribution is -2.45. The van der Waals surface area contributed by atoms with Crippen molar-refractivity contribution >= 4 is 39.6 Å². The second-order valence-corrected chi connectivity index (χ2v) is 9.02. The smallest absolute Gasteiger partial charge is 0.410 e. The normalized spacial score (nSPS) is 12.5. The topological polar surface area (TPSA) is 84.7 Å². The third kappa shape index (κ3) is 4.98. The predicted octanol–water partition coefficient (Wildman–Crippen LogP) is 5.84. The molecule has 1 N–H and O–H groups in total. The Morgan fingerprint density at radius 3 is 2.48 bits per heavy atom. The molecule has 0 aliphatic rings. The summed E-state index contributed by atoms with van der Waals surface area (Å²) in [6.07, 6.45) is -0.558. The number of anilines is 1. The number of hydrogen-bond acceptors (Lipinski definition) is 5. The van der Waals surface area contributed by atoms with E-state index in [1.807, 2.05) is 36.4 Å². The number of carbonyl (C=O) groups excluding carboxylic acids is 2. The van der Waals surface area contributed by atoms with Gasteiger partial charge in [0, 0.05) is 18.3 Å². The zero-order chi connectivity index (χ0) is 23.8. The molecule has 7 heteroatoms. The molecule has 0 spiro atoms. The number of carbonyl (C=O) groups is 2. The van der Waals surface area contributed by atoms with Crippen molar-refractivity contribution in [3.05, 3.63) is 60.7 Å². The van der Waals surface area contributed by atoms with Gasteiger partial charge in [-0.15, -0.1) is 0 Å². The molecule has 0 fully saturated rings. The fourth-order valence-electron chi connectivity index (χ4n) is 3.37. The van der Waals surface area contributed by atoms with Gasteiger partial charge >= 0.3 is 6.09 Å². The van der Waals surface area contributed by atoms with Gasteiger partial charge in [0.15, 0.2) is 5.58 Å². The lowest BCUT2D eigenvalue weighted by Gasteiger charge is -2.28. The quantitative estimate of drug-likeness (QED) is 0.426. The zero-order valence-electron chi connectivity index (χ0n) is 19.4. The molecule has 1 aromatic heterocycles. The first-order valence-electron chi connectivity index (χ1n) is 10.8. The number of likely N-dealkylation sites (N-methyl/N-ethyl adjacent to an activating group) is 1. The summed E-state index contributed by atoms with van der Waals surface area (Å²) >= 11 is 0. The molecule has 0 aliphatic carbocycles. The van der Waals surface area contributed by atoms with Crippen LogP contribution in [0.5, 0.6) is 0 Å². The van der Waals surface area contributed by atoms with Gasteiger partial charge in [-0.1, -0.05) is 30.3 Å². The lowest BCUT2D eigenvalue weighted by molar-refractivity contribution is -0.120. The van der Waals surface area contributed by atoms with Gasteiger partial charge in [-0.3, -0.25) is 9.69 Å². The third-order valence-corrected chi connectivity index (χ3v) is 5.29. The van der Waals surface area contributed by atoms with Crippen molar-refractivity contribution in [3.63, 3.8) is 0 Å². The van der Waals surface area contributed by atoms with Crippen LogP contribution in [0.3, 0.4) is 0 Å². The molecular formula is C26H27N3O4. The van der Waals surface area contributed by atoms with Crippen LogP contribution in [0.25, 0.3) is 33.3 Å². The van der Waals surface area contributed by atoms with Crippen LogP contribution in [0.1, 0.15) is 27.7 Å². The van der Waals surface area contributed by atoms with E-state index in [0.717, 1.165) is 16.3 Å². The Bertz CT molecular complexity index is 1340. The molecular weight excluding hydrogens is 418 g/mol. The zero-order valence-corrected chi connectivity index (χ0v) is 19.4. The summed E-state index contributed by atoms with van der Waals surface area (Å²) in [5.74, 6) is 0.179. The average Bonchev–Trinajstić information content (AvgIpc) is 3.20. The average molecular weight is 446 g/mol. The molecule has 3 aromatic carbocycles. The van der Waals surface area contributed by atoms with E-state index in [1.54, 1.807) is 45.9 Å². The molecule has 4 rings (SSSR count). The monoisotopic (exact) mass is 445 g/mol. The van der Waals surface area contributed by atoms with E-state index < -0.39 is 17.7 Å². The van der Waals surface area contributed by atoms with E-state index in [2.05, 4.69) is 16.4 Å². The van der Waals surface area contributed by atoms with Crippen molar-refractivity contribution in [1.29, 1.82) is 0 Å². The summed E-state index contributed by atoms with van der Waals surface area (Å²) in [5.41, 5.74) is 2.06. The van der Waals surface area contributed by atoms with Crippen molar-refractivity contribution in [1.82, 2.24) is 9.88 Å². The first kappa shape index (κ1) is 22.3. The Kier molecular flexibility index (Phi) is 5.80. The minimum Gasteiger partial charge on any atom is -0.444 e. The summed E-state index contributed by atoms with van der Waals surface area (Å²) < 4.78 is 11.3. The molecule has 1 atom stereocenters. The van der Waals surface area contributed by atoms with E-state index in [-0.39, 0.29) is 5.91 Å². The first-order valence-corrected chi connectivity index (χ1v) is 10.8. The highest BCUT2D eigenvalue weighted by Crippen LogP contribution is 2.28. The maximum absolute atomic E-state index is 12.7. The Morgan fingerprint density at radius 1 is 1.03 bits per heavy atom. The molecule has 2 amide bonds. The van der Waals surface area contributed by atoms with E-state index in [9.17, 15) is 9.59 Å². The molecule has 1 heterocycles. The SMILES string of the molecule is CC(C(=O)Nc1ccc2oc(-c3ccc4ccccc4c3)nc2c1)N(C)C(=O)OC(C)(C)C. The van der Waals surface area contributed by atoms with Gasteiger partial charge in [-0.2, -0.15) is 0 Å². The second kappa shape index (κ2) is 8.58. The lowest BCUT2D eigenvalue weighted by atomic mass is 10.1. The minimum absolute atomic E-state index is 0.332. The molecule has 4 aromatic rings. The largest absolute Gasteiger partial charge is 0.444 e. The van der Waals surface area contributed by atoms with E-state index in [1.165, 1.54) is 11.9 Å². The van der Waals surface area contributed by atoms with Crippen molar-refractivity contribution in [2.45, 2.75) is 39.3 Å². The highest BCUT2D eigenvalue weighted by atomic mass is 16.6. The van der Waals surface area contributed by atoms with E-state index >= 15 is 0 Å². The van der Waals surface area contributed by atoms with Crippen LogP contribution in [0.2, 0.25) is 0 Å². The number of hydrogen-bond donors (Lipinski definition) is 1. The Morgan fingerprint density at radius 2 is 1.76 bits per heavy atom. The molecule has 33 heavy (non-hydrogen) atoms. The maximum Gasteiger partial charge on any atom is 0.410 e. The van der Waals surface area contributed by atoms with Crippen LogP contribution in [-0.2, 0) is 9.53 Å². The summed E-state index contributed by atoms with van der Waals surface area (Å²) in [5, 5.41) is 5.09. The van der Waals surface area contributed by atoms with Crippen LogP contribution in [-0.4, -0.2) is 40.6 Å². The number of amides is 2. The van der Waals surface area contributed by atoms with Gasteiger partial charge in [-0.25, -0.2) is 9.78 Å². The fourth-order valence-corrected chi connectivity index (χ4v) is 3.37. The van der Waals surface area contributed by atoms with Gasteiger partial charge in [0.2, 0.25) is 11.8 Å². The van der Waals surface area contributed by atoms with Crippen molar-refractivity contribution < 1.29 is 18.7 Å². The van der Waals surface area contributed by atoms with Gasteiger partial charge in [0.05, 0.1) is 0 Å². The van der Waals surface area contributed by atoms with Gasteiger partial charge < -0.3 is 14.5 Å². The standard InChI is InChI=1S/C26H27N3O4/c1-16(29(5)25(31)33-26(2,3)4)23(30)27-20-12-13-22-21(15-20)28-24(32-22)19-11-10-17-8-6-7-9-18(17)14-19/h6-16H,1-5H3,(H,27,30). The molecule has 0 aliphatic heterocycles. The Balaban J connectivity index is 1.51. The Hall–Kier alpha value is -3.87. The van der Waals surface area contributed by atoms with Crippen molar-refractivity contribution in [2.75, 3.05) is 12.4 Å². The molecule has 0 radical (unpaired) electrons. The van der Waals surface area contributed by atoms with E-state index in [4.69, 9.17) is 9.15 Å². The molecule has 0 saturated heterocycles. The van der Waals surface area contributed by atoms with Crippen LogP contribution in [0, 0.1) is 0 Å². The number of aromatic nitrogens is 1. The van der Waals surface area contributed by atoms with Crippen LogP contribution in [0.15, 0.2) is 65.1 Å². The number of benzene rings is 3. The summed E-state index contributed by atoms with van der Waals surface area (Å²) in [4.78, 5) is 30.8. The summed E-state index contributed by atoms with van der Waals surface area (Å²) in [7, 11) is 1.54. The number of nitrogens with one attached hydrogen (secondary N) is 1. The van der Waals surface area contributed by atoms with E-state index in [0.29, 0.717) is 22.7 Å². The summed E-state index contributed by atoms with van der Waals surface area (Å²) in [6, 6.07) is 18.7. The first-order chi connectivity index (χ1) is 15.6. The van der Waals surface area contributed by atoms with Gasteiger partial charge in [-0.05, 0) is 68.8 Å². The van der Waals surface area contributed by atoms with Crippen molar-refractivity contribution in [2.24, 2.45) is 0 Å². The highest BCUT2D eigenvalue weighted by Gasteiger charge is 2.27. The number of rotatable bonds is 4. The molecule has 1 unspecified atom stereocenters.